The Morgan fingerprint density at radius 3 is 2.47 bits per heavy atom. The largest absolute Gasteiger partial charge is 0.507 e. The van der Waals surface area contributed by atoms with Crippen LogP contribution >= 0.6 is 0 Å². The summed E-state index contributed by atoms with van der Waals surface area (Å²) in [7, 11) is 1.53. The summed E-state index contributed by atoms with van der Waals surface area (Å²) in [5, 5.41) is 11.1. The summed E-state index contributed by atoms with van der Waals surface area (Å²) in [4.78, 5) is 27.6. The summed E-state index contributed by atoms with van der Waals surface area (Å²) in [5.41, 5.74) is 2.47. The highest BCUT2D eigenvalue weighted by molar-refractivity contribution is 6.46. The van der Waals surface area contributed by atoms with Crippen LogP contribution in [0.3, 0.4) is 0 Å². The summed E-state index contributed by atoms with van der Waals surface area (Å²) in [5.74, 6) is -0.577. The zero-order chi connectivity index (χ0) is 23.3. The third kappa shape index (κ3) is 4.86. The Kier molecular flexibility index (Phi) is 7.70. The quantitative estimate of drug-likeness (QED) is 0.267. The Morgan fingerprint density at radius 2 is 1.84 bits per heavy atom. The number of nitrogens with zero attached hydrogens (tertiary/aromatic N) is 1. The number of carbonyl (C=O) groups is 2. The van der Waals surface area contributed by atoms with Crippen molar-refractivity contribution in [1.29, 1.82) is 0 Å². The van der Waals surface area contributed by atoms with Gasteiger partial charge in [0.15, 0.2) is 0 Å². The number of Topliss-reactive ketones (excluding diaryl/α,β-unsaturated/α-hetero) is 1. The van der Waals surface area contributed by atoms with Gasteiger partial charge in [0.1, 0.15) is 11.5 Å². The molecule has 0 bridgehead atoms. The van der Waals surface area contributed by atoms with Gasteiger partial charge in [0, 0.05) is 25.3 Å². The molecule has 1 aliphatic heterocycles. The lowest BCUT2D eigenvalue weighted by atomic mass is 9.93. The van der Waals surface area contributed by atoms with Crippen molar-refractivity contribution in [2.45, 2.75) is 39.2 Å². The van der Waals surface area contributed by atoms with Crippen LogP contribution in [0.4, 0.5) is 0 Å². The van der Waals surface area contributed by atoms with Gasteiger partial charge in [-0.2, -0.15) is 0 Å². The average Bonchev–Trinajstić information content (AvgIpc) is 3.06. The molecule has 0 aromatic heterocycles. The first kappa shape index (κ1) is 23.5. The van der Waals surface area contributed by atoms with Gasteiger partial charge in [0.2, 0.25) is 0 Å². The Labute approximate surface area is 189 Å². The van der Waals surface area contributed by atoms with Gasteiger partial charge in [0.05, 0.1) is 18.7 Å². The second kappa shape index (κ2) is 10.5. The molecule has 1 aliphatic rings. The van der Waals surface area contributed by atoms with Gasteiger partial charge in [-0.05, 0) is 42.5 Å². The van der Waals surface area contributed by atoms with E-state index in [0.717, 1.165) is 11.1 Å². The van der Waals surface area contributed by atoms with Crippen molar-refractivity contribution < 1.29 is 24.2 Å². The third-order valence-electron chi connectivity index (χ3n) is 5.69. The molecule has 0 saturated carbocycles. The maximum absolute atomic E-state index is 13.1. The number of hydrogen-bond acceptors (Lipinski definition) is 5. The maximum Gasteiger partial charge on any atom is 0.295 e. The van der Waals surface area contributed by atoms with Crippen LogP contribution in [-0.4, -0.2) is 48.6 Å². The molecular formula is C26H31NO5. The number of aliphatic hydroxyl groups excluding tert-OH is 1. The van der Waals surface area contributed by atoms with Crippen LogP contribution in [-0.2, 0) is 14.3 Å². The smallest absolute Gasteiger partial charge is 0.295 e. The third-order valence-corrected chi connectivity index (χ3v) is 5.69. The van der Waals surface area contributed by atoms with Crippen LogP contribution < -0.4 is 4.74 Å². The Balaban J connectivity index is 2.07. The molecule has 1 saturated heterocycles. The Hall–Kier alpha value is -3.12. The van der Waals surface area contributed by atoms with Crippen molar-refractivity contribution in [3.63, 3.8) is 0 Å². The second-order valence-electron chi connectivity index (χ2n) is 8.10. The molecule has 3 rings (SSSR count). The standard InChI is InChI=1S/C26H31NO5/c1-5-32-15-7-14-27-23(19-12-10-18(11-13-19)17(2)3)22(25(29)26(27)30)24(28)20-8-6-9-21(16-20)31-4/h6,8-13,16-17,23,28H,5,7,14-15H2,1-4H3/b24-22-. The molecule has 1 amide bonds. The van der Waals surface area contributed by atoms with Gasteiger partial charge in [-0.25, -0.2) is 0 Å². The lowest BCUT2D eigenvalue weighted by molar-refractivity contribution is -0.140. The topological polar surface area (TPSA) is 76.1 Å². The summed E-state index contributed by atoms with van der Waals surface area (Å²) < 4.78 is 10.7. The molecule has 0 radical (unpaired) electrons. The van der Waals surface area contributed by atoms with Crippen molar-refractivity contribution in [1.82, 2.24) is 4.90 Å². The summed E-state index contributed by atoms with van der Waals surface area (Å²) in [6.45, 7) is 7.57. The monoisotopic (exact) mass is 437 g/mol. The fraction of sp³-hybridized carbons (Fsp3) is 0.385. The summed E-state index contributed by atoms with van der Waals surface area (Å²) >= 11 is 0. The predicted octanol–water partition coefficient (Wildman–Crippen LogP) is 4.67. The molecule has 1 N–H and O–H groups in total. The molecule has 2 aromatic rings. The van der Waals surface area contributed by atoms with Gasteiger partial charge in [-0.15, -0.1) is 0 Å². The van der Waals surface area contributed by atoms with Gasteiger partial charge in [-0.3, -0.25) is 9.59 Å². The van der Waals surface area contributed by atoms with Gasteiger partial charge < -0.3 is 19.5 Å². The van der Waals surface area contributed by atoms with E-state index >= 15 is 0 Å². The summed E-state index contributed by atoms with van der Waals surface area (Å²) in [6.07, 6.45) is 0.598. The van der Waals surface area contributed by atoms with E-state index in [1.54, 1.807) is 24.3 Å². The highest BCUT2D eigenvalue weighted by Crippen LogP contribution is 2.40. The number of likely N-dealkylation sites (tertiary alicyclic amines) is 1. The van der Waals surface area contributed by atoms with Gasteiger partial charge >= 0.3 is 0 Å². The molecule has 6 heteroatoms. The van der Waals surface area contributed by atoms with Crippen LogP contribution in [0.5, 0.6) is 5.75 Å². The molecule has 32 heavy (non-hydrogen) atoms. The molecule has 1 fully saturated rings. The van der Waals surface area contributed by atoms with E-state index in [-0.39, 0.29) is 11.3 Å². The number of hydrogen-bond donors (Lipinski definition) is 1. The van der Waals surface area contributed by atoms with Gasteiger partial charge in [0.25, 0.3) is 11.7 Å². The van der Waals surface area contributed by atoms with E-state index in [1.165, 1.54) is 12.0 Å². The number of methoxy groups -OCH3 is 1. The number of ether oxygens (including phenoxy) is 2. The predicted molar refractivity (Wildman–Crippen MR) is 124 cm³/mol. The first-order valence-electron chi connectivity index (χ1n) is 11.0. The van der Waals surface area contributed by atoms with E-state index in [1.807, 2.05) is 31.2 Å². The van der Waals surface area contributed by atoms with Crippen LogP contribution in [0.25, 0.3) is 5.76 Å². The summed E-state index contributed by atoms with van der Waals surface area (Å²) in [6, 6.07) is 14.0. The normalized spacial score (nSPS) is 17.9. The molecule has 1 atom stereocenters. The molecule has 0 spiro atoms. The van der Waals surface area contributed by atoms with Crippen LogP contribution in [0, 0.1) is 0 Å². The van der Waals surface area contributed by atoms with Crippen molar-refractivity contribution in [3.05, 3.63) is 70.8 Å². The van der Waals surface area contributed by atoms with Crippen LogP contribution in [0.15, 0.2) is 54.1 Å². The van der Waals surface area contributed by atoms with E-state index in [9.17, 15) is 14.7 Å². The zero-order valence-electron chi connectivity index (χ0n) is 19.1. The van der Waals surface area contributed by atoms with Crippen LogP contribution in [0.1, 0.15) is 55.8 Å². The van der Waals surface area contributed by atoms with Crippen molar-refractivity contribution >= 4 is 17.4 Å². The first-order chi connectivity index (χ1) is 15.4. The number of carbonyl (C=O) groups excluding carboxylic acids is 2. The Bertz CT molecular complexity index is 994. The fourth-order valence-electron chi connectivity index (χ4n) is 3.93. The maximum atomic E-state index is 13.1. The lowest BCUT2D eigenvalue weighted by Gasteiger charge is -2.25. The average molecular weight is 438 g/mol. The number of amides is 1. The number of aliphatic hydroxyl groups is 1. The molecule has 170 valence electrons. The molecule has 0 aliphatic carbocycles. The molecular weight excluding hydrogens is 406 g/mol. The number of benzene rings is 2. The lowest BCUT2D eigenvalue weighted by Crippen LogP contribution is -2.31. The minimum Gasteiger partial charge on any atom is -0.507 e. The fourth-order valence-corrected chi connectivity index (χ4v) is 3.93. The zero-order valence-corrected chi connectivity index (χ0v) is 19.1. The SMILES string of the molecule is CCOCCCN1C(=O)C(=O)/C(=C(\O)c2cccc(OC)c2)C1c1ccc(C(C)C)cc1. The minimum absolute atomic E-state index is 0.0944. The van der Waals surface area contributed by atoms with Crippen LogP contribution in [0.2, 0.25) is 0 Å². The second-order valence-corrected chi connectivity index (χ2v) is 8.10. The van der Waals surface area contributed by atoms with E-state index in [4.69, 9.17) is 9.47 Å². The van der Waals surface area contributed by atoms with Crippen molar-refractivity contribution in [2.24, 2.45) is 0 Å². The molecule has 1 heterocycles. The number of rotatable bonds is 9. The van der Waals surface area contributed by atoms with Crippen molar-refractivity contribution in [3.8, 4) is 5.75 Å². The minimum atomic E-state index is -0.681. The van der Waals surface area contributed by atoms with Gasteiger partial charge in [-0.1, -0.05) is 50.2 Å². The highest BCUT2D eigenvalue weighted by atomic mass is 16.5. The van der Waals surface area contributed by atoms with E-state index in [0.29, 0.717) is 43.4 Å². The highest BCUT2D eigenvalue weighted by Gasteiger charge is 2.45. The van der Waals surface area contributed by atoms with Crippen molar-refractivity contribution in [2.75, 3.05) is 26.9 Å². The molecule has 1 unspecified atom stereocenters. The first-order valence-corrected chi connectivity index (χ1v) is 11.0. The molecule has 2 aromatic carbocycles. The van der Waals surface area contributed by atoms with E-state index in [2.05, 4.69) is 13.8 Å². The molecule has 6 nitrogen and oxygen atoms in total. The van der Waals surface area contributed by atoms with E-state index < -0.39 is 17.7 Å². The number of ketones is 1. The Morgan fingerprint density at radius 1 is 1.12 bits per heavy atom.